The summed E-state index contributed by atoms with van der Waals surface area (Å²) >= 11 is 0. The number of hydrogen-bond acceptors (Lipinski definition) is 2. The first-order valence-corrected chi connectivity index (χ1v) is 19.8. The zero-order chi connectivity index (χ0) is 30.4. The molecule has 0 aliphatic rings. The summed E-state index contributed by atoms with van der Waals surface area (Å²) in [6.07, 6.45) is 45.5. The van der Waals surface area contributed by atoms with Crippen LogP contribution in [0.4, 0.5) is 0 Å². The number of unbranched alkanes of at least 4 members (excludes halogenated alkanes) is 30. The van der Waals surface area contributed by atoms with Crippen LogP contribution in [0, 0.1) is 0 Å². The molecule has 0 aromatic heterocycles. The lowest BCUT2D eigenvalue weighted by atomic mass is 10.0. The molecule has 0 aliphatic carbocycles. The molecule has 0 heterocycles. The van der Waals surface area contributed by atoms with Gasteiger partial charge in [-0.1, -0.05) is 206 Å². The maximum Gasteiger partial charge on any atom is 0.221 e. The average molecular weight is 593 g/mol. The van der Waals surface area contributed by atoms with Gasteiger partial charge in [0.1, 0.15) is 0 Å². The van der Waals surface area contributed by atoms with Crippen molar-refractivity contribution in [2.45, 2.75) is 226 Å². The maximum atomic E-state index is 12.0. The monoisotopic (exact) mass is 593 g/mol. The molecule has 0 aromatic carbocycles. The molecule has 1 amide bonds. The van der Waals surface area contributed by atoms with Crippen molar-refractivity contribution in [3.8, 4) is 0 Å². The molecule has 0 spiro atoms. The topological polar surface area (TPSA) is 41.1 Å². The van der Waals surface area contributed by atoms with Crippen LogP contribution in [0.3, 0.4) is 0 Å². The van der Waals surface area contributed by atoms with Crippen LogP contribution in [0.1, 0.15) is 226 Å². The van der Waals surface area contributed by atoms with E-state index in [1.54, 1.807) is 0 Å². The lowest BCUT2D eigenvalue weighted by molar-refractivity contribution is -0.121. The van der Waals surface area contributed by atoms with E-state index < -0.39 is 0 Å². The van der Waals surface area contributed by atoms with Crippen molar-refractivity contribution < 1.29 is 4.79 Å². The molecule has 42 heavy (non-hydrogen) atoms. The lowest BCUT2D eigenvalue weighted by Crippen LogP contribution is -2.28. The van der Waals surface area contributed by atoms with Crippen LogP contribution in [0.25, 0.3) is 0 Å². The van der Waals surface area contributed by atoms with E-state index in [0.717, 1.165) is 26.1 Å². The van der Waals surface area contributed by atoms with Gasteiger partial charge in [-0.15, -0.1) is 0 Å². The summed E-state index contributed by atoms with van der Waals surface area (Å²) in [5.74, 6) is 0.218. The minimum atomic E-state index is 0.218. The van der Waals surface area contributed by atoms with Crippen LogP contribution in [0.5, 0.6) is 0 Å². The van der Waals surface area contributed by atoms with Gasteiger partial charge in [0.25, 0.3) is 0 Å². The fourth-order valence-corrected chi connectivity index (χ4v) is 6.11. The van der Waals surface area contributed by atoms with E-state index in [4.69, 9.17) is 0 Å². The van der Waals surface area contributed by atoms with Crippen LogP contribution >= 0.6 is 0 Å². The molecule has 0 fully saturated rings. The zero-order valence-corrected chi connectivity index (χ0v) is 29.4. The van der Waals surface area contributed by atoms with Gasteiger partial charge in [-0.3, -0.25) is 4.79 Å². The van der Waals surface area contributed by atoms with E-state index in [9.17, 15) is 4.79 Å². The van der Waals surface area contributed by atoms with Crippen LogP contribution in [0.15, 0.2) is 0 Å². The van der Waals surface area contributed by atoms with Crippen molar-refractivity contribution in [1.82, 2.24) is 10.6 Å². The lowest BCUT2D eigenvalue weighted by Gasteiger charge is -2.07. The molecule has 0 aliphatic heterocycles. The highest BCUT2D eigenvalue weighted by Gasteiger charge is 2.01. The summed E-state index contributed by atoms with van der Waals surface area (Å²) in [5.41, 5.74) is 0. The molecule has 2 N–H and O–H groups in total. The Kier molecular flexibility index (Phi) is 37.9. The molecule has 3 heteroatoms. The van der Waals surface area contributed by atoms with Gasteiger partial charge in [-0.2, -0.15) is 0 Å². The number of amides is 1. The van der Waals surface area contributed by atoms with E-state index in [1.807, 2.05) is 0 Å². The summed E-state index contributed by atoms with van der Waals surface area (Å²) in [6.45, 7) is 7.33. The molecule has 0 saturated heterocycles. The highest BCUT2D eigenvalue weighted by atomic mass is 16.1. The van der Waals surface area contributed by atoms with Crippen LogP contribution in [0.2, 0.25) is 0 Å². The predicted molar refractivity (Wildman–Crippen MR) is 190 cm³/mol. The second-order valence-corrected chi connectivity index (χ2v) is 13.5. The first-order chi connectivity index (χ1) is 20.8. The summed E-state index contributed by atoms with van der Waals surface area (Å²) in [4.78, 5) is 12.0. The normalized spacial score (nSPS) is 11.4. The average Bonchev–Trinajstić information content (AvgIpc) is 3.00. The molecule has 3 nitrogen and oxygen atoms in total. The largest absolute Gasteiger partial charge is 0.356 e. The smallest absolute Gasteiger partial charge is 0.221 e. The molecule has 0 rings (SSSR count). The second-order valence-electron chi connectivity index (χ2n) is 13.5. The minimum absolute atomic E-state index is 0.218. The summed E-state index contributed by atoms with van der Waals surface area (Å²) in [7, 11) is 0. The van der Waals surface area contributed by atoms with Crippen molar-refractivity contribution in [2.75, 3.05) is 19.6 Å². The Labute approximate surface area is 266 Å². The molecule has 0 unspecified atom stereocenters. The third kappa shape index (κ3) is 37.5. The van der Waals surface area contributed by atoms with Crippen molar-refractivity contribution in [1.29, 1.82) is 0 Å². The first kappa shape index (κ1) is 41.4. The van der Waals surface area contributed by atoms with Crippen LogP contribution in [-0.4, -0.2) is 25.5 Å². The highest BCUT2D eigenvalue weighted by Crippen LogP contribution is 2.15. The molecule has 0 bridgehead atoms. The van der Waals surface area contributed by atoms with Crippen LogP contribution < -0.4 is 10.6 Å². The van der Waals surface area contributed by atoms with Crippen molar-refractivity contribution in [3.63, 3.8) is 0 Å². The Morgan fingerprint density at radius 2 is 0.595 bits per heavy atom. The third-order valence-electron chi connectivity index (χ3n) is 9.09. The summed E-state index contributed by atoms with van der Waals surface area (Å²) < 4.78 is 0. The highest BCUT2D eigenvalue weighted by molar-refractivity contribution is 5.75. The standard InChI is InChI=1S/C39H80N2O/c1-3-5-7-9-11-13-15-17-19-21-23-25-27-29-31-33-36-40-38-35-39(42)41-37-34-32-30-28-26-24-22-20-18-16-14-12-10-8-6-4-2/h40H,3-38H2,1-2H3,(H,41,42). The van der Waals surface area contributed by atoms with Gasteiger partial charge in [0, 0.05) is 19.5 Å². The van der Waals surface area contributed by atoms with Gasteiger partial charge in [-0.25, -0.2) is 0 Å². The molecule has 252 valence electrons. The van der Waals surface area contributed by atoms with E-state index in [2.05, 4.69) is 24.5 Å². The molecular weight excluding hydrogens is 512 g/mol. The first-order valence-electron chi connectivity index (χ1n) is 19.8. The molecule has 0 radical (unpaired) electrons. The Bertz CT molecular complexity index is 495. The van der Waals surface area contributed by atoms with Gasteiger partial charge in [-0.05, 0) is 19.4 Å². The molecule has 0 saturated carbocycles. The quantitative estimate of drug-likeness (QED) is 0.0704. The van der Waals surface area contributed by atoms with Gasteiger partial charge in [0.05, 0.1) is 0 Å². The van der Waals surface area contributed by atoms with Gasteiger partial charge >= 0.3 is 0 Å². The summed E-state index contributed by atoms with van der Waals surface area (Å²) in [6, 6.07) is 0. The minimum Gasteiger partial charge on any atom is -0.356 e. The Balaban J connectivity index is 3.14. The summed E-state index contributed by atoms with van der Waals surface area (Å²) in [5, 5.41) is 6.58. The zero-order valence-electron chi connectivity index (χ0n) is 29.4. The van der Waals surface area contributed by atoms with Gasteiger partial charge in [0.15, 0.2) is 0 Å². The Morgan fingerprint density at radius 3 is 0.905 bits per heavy atom. The van der Waals surface area contributed by atoms with E-state index >= 15 is 0 Å². The van der Waals surface area contributed by atoms with Gasteiger partial charge < -0.3 is 10.6 Å². The molecular formula is C39H80N2O. The number of nitrogens with one attached hydrogen (secondary N) is 2. The SMILES string of the molecule is CCCCCCCCCCCCCCCCCCNCCC(=O)NCCCCCCCCCCCCCCCCCC. The number of hydrogen-bond donors (Lipinski definition) is 2. The Morgan fingerprint density at radius 1 is 0.333 bits per heavy atom. The van der Waals surface area contributed by atoms with Crippen LogP contribution in [-0.2, 0) is 4.79 Å². The maximum absolute atomic E-state index is 12.0. The predicted octanol–water partition coefficient (Wildman–Crippen LogP) is 12.6. The molecule has 0 atom stereocenters. The number of carbonyl (C=O) groups is 1. The van der Waals surface area contributed by atoms with Crippen molar-refractivity contribution in [3.05, 3.63) is 0 Å². The fraction of sp³-hybridized carbons (Fsp3) is 0.974. The van der Waals surface area contributed by atoms with Crippen molar-refractivity contribution >= 4 is 5.91 Å². The number of rotatable bonds is 37. The molecule has 0 aromatic rings. The Hall–Kier alpha value is -0.570. The van der Waals surface area contributed by atoms with Gasteiger partial charge in [0.2, 0.25) is 5.91 Å². The fourth-order valence-electron chi connectivity index (χ4n) is 6.11. The van der Waals surface area contributed by atoms with E-state index in [1.165, 1.54) is 199 Å². The van der Waals surface area contributed by atoms with E-state index in [0.29, 0.717) is 6.42 Å². The van der Waals surface area contributed by atoms with Crippen molar-refractivity contribution in [2.24, 2.45) is 0 Å². The number of carbonyl (C=O) groups excluding carboxylic acids is 1. The second kappa shape index (κ2) is 38.5. The third-order valence-corrected chi connectivity index (χ3v) is 9.09. The van der Waals surface area contributed by atoms with E-state index in [-0.39, 0.29) is 5.91 Å².